The van der Waals surface area contributed by atoms with Crippen LogP contribution < -0.4 is 11.1 Å². The fourth-order valence-electron chi connectivity index (χ4n) is 1.65. The monoisotopic (exact) mass is 430 g/mol. The summed E-state index contributed by atoms with van der Waals surface area (Å²) in [7, 11) is 0. The van der Waals surface area contributed by atoms with E-state index in [4.69, 9.17) is 18.0 Å². The summed E-state index contributed by atoms with van der Waals surface area (Å²) in [6, 6.07) is 9.06. The van der Waals surface area contributed by atoms with Gasteiger partial charge >= 0.3 is 0 Å². The number of thiocarbonyl (C=S) groups is 1. The predicted molar refractivity (Wildman–Crippen MR) is 92.1 cm³/mol. The van der Waals surface area contributed by atoms with Crippen LogP contribution in [0.1, 0.15) is 15.9 Å². The molecule has 7 heteroatoms. The third kappa shape index (κ3) is 4.09. The van der Waals surface area contributed by atoms with Crippen LogP contribution in [0, 0.1) is 5.82 Å². The Morgan fingerprint density at radius 2 is 1.86 bits per heavy atom. The first-order valence-electron chi connectivity index (χ1n) is 5.73. The van der Waals surface area contributed by atoms with E-state index < -0.39 is 11.7 Å². The van der Waals surface area contributed by atoms with Crippen molar-refractivity contribution in [2.75, 3.05) is 5.32 Å². The van der Waals surface area contributed by atoms with Gasteiger partial charge in [-0.15, -0.1) is 0 Å². The van der Waals surface area contributed by atoms with E-state index in [1.165, 1.54) is 12.1 Å². The van der Waals surface area contributed by atoms with Crippen LogP contribution in [0.25, 0.3) is 0 Å². The number of anilines is 1. The molecule has 108 valence electrons. The summed E-state index contributed by atoms with van der Waals surface area (Å²) >= 11 is 11.4. The standard InChI is InChI=1S/C14H9Br2FN2OS/c15-9-3-8(4-10(17)6-9)14(20)19-12-2-1-7(13(18)21)5-11(12)16/h1-6H,(H2,18,21)(H,19,20). The lowest BCUT2D eigenvalue weighted by Crippen LogP contribution is -2.14. The molecule has 0 bridgehead atoms. The fraction of sp³-hybridized carbons (Fsp3) is 0. The highest BCUT2D eigenvalue weighted by molar-refractivity contribution is 9.10. The minimum absolute atomic E-state index is 0.215. The van der Waals surface area contributed by atoms with Crippen molar-refractivity contribution in [3.63, 3.8) is 0 Å². The molecule has 3 nitrogen and oxygen atoms in total. The number of nitrogens with two attached hydrogens (primary N) is 1. The molecule has 0 saturated carbocycles. The van der Waals surface area contributed by atoms with Crippen molar-refractivity contribution in [3.05, 3.63) is 62.3 Å². The molecule has 3 N–H and O–H groups in total. The summed E-state index contributed by atoms with van der Waals surface area (Å²) < 4.78 is 14.4. The Labute approximate surface area is 143 Å². The summed E-state index contributed by atoms with van der Waals surface area (Å²) in [6.45, 7) is 0. The fourth-order valence-corrected chi connectivity index (χ4v) is 2.72. The molecule has 2 aromatic rings. The normalized spacial score (nSPS) is 10.2. The van der Waals surface area contributed by atoms with Crippen LogP contribution in [0.3, 0.4) is 0 Å². The van der Waals surface area contributed by atoms with Crippen LogP contribution in [0.4, 0.5) is 10.1 Å². The minimum atomic E-state index is -0.489. The second kappa shape index (κ2) is 6.64. The Bertz CT molecular complexity index is 717. The van der Waals surface area contributed by atoms with Gasteiger partial charge in [0.05, 0.1) is 5.69 Å². The Kier molecular flexibility index (Phi) is 5.08. The molecule has 2 rings (SSSR count). The molecule has 2 aromatic carbocycles. The lowest BCUT2D eigenvalue weighted by atomic mass is 10.2. The predicted octanol–water partition coefficient (Wildman–Crippen LogP) is 4.24. The average molecular weight is 432 g/mol. The lowest BCUT2D eigenvalue weighted by Gasteiger charge is -2.09. The van der Waals surface area contributed by atoms with E-state index in [-0.39, 0.29) is 10.6 Å². The van der Waals surface area contributed by atoms with E-state index in [0.717, 1.165) is 6.07 Å². The molecule has 0 aliphatic rings. The lowest BCUT2D eigenvalue weighted by molar-refractivity contribution is 0.102. The van der Waals surface area contributed by atoms with Crippen molar-refractivity contribution in [3.8, 4) is 0 Å². The number of rotatable bonds is 3. The Hall–Kier alpha value is -1.31. The summed E-state index contributed by atoms with van der Waals surface area (Å²) in [6.07, 6.45) is 0. The maximum absolute atomic E-state index is 13.3. The van der Waals surface area contributed by atoms with E-state index in [2.05, 4.69) is 37.2 Å². The van der Waals surface area contributed by atoms with Crippen LogP contribution in [0.5, 0.6) is 0 Å². The van der Waals surface area contributed by atoms with E-state index in [9.17, 15) is 9.18 Å². The molecule has 0 atom stereocenters. The van der Waals surface area contributed by atoms with E-state index in [1.807, 2.05) is 0 Å². The van der Waals surface area contributed by atoms with Gasteiger partial charge in [0.1, 0.15) is 10.8 Å². The first kappa shape index (κ1) is 16.1. The summed E-state index contributed by atoms with van der Waals surface area (Å²) in [4.78, 5) is 12.4. The van der Waals surface area contributed by atoms with Gasteiger partial charge < -0.3 is 11.1 Å². The van der Waals surface area contributed by atoms with Gasteiger partial charge in [0.25, 0.3) is 5.91 Å². The second-order valence-corrected chi connectivity index (χ2v) is 6.38. The van der Waals surface area contributed by atoms with Gasteiger partial charge in [0, 0.05) is 20.1 Å². The molecule has 0 aliphatic heterocycles. The molecule has 0 fully saturated rings. The van der Waals surface area contributed by atoms with E-state index in [1.54, 1.807) is 18.2 Å². The zero-order chi connectivity index (χ0) is 15.6. The smallest absolute Gasteiger partial charge is 0.255 e. The van der Waals surface area contributed by atoms with Crippen LogP contribution in [0.2, 0.25) is 0 Å². The third-order valence-electron chi connectivity index (χ3n) is 2.63. The van der Waals surface area contributed by atoms with Gasteiger partial charge in [-0.25, -0.2) is 4.39 Å². The number of carbonyl (C=O) groups excluding carboxylic acids is 1. The van der Waals surface area contributed by atoms with Crippen molar-refractivity contribution >= 4 is 60.7 Å². The van der Waals surface area contributed by atoms with Crippen molar-refractivity contribution < 1.29 is 9.18 Å². The second-order valence-electron chi connectivity index (χ2n) is 4.17. The van der Waals surface area contributed by atoms with Crippen molar-refractivity contribution in [1.29, 1.82) is 0 Å². The average Bonchev–Trinajstić information content (AvgIpc) is 2.39. The van der Waals surface area contributed by atoms with E-state index in [0.29, 0.717) is 20.2 Å². The zero-order valence-corrected chi connectivity index (χ0v) is 14.5. The number of hydrogen-bond acceptors (Lipinski definition) is 2. The topological polar surface area (TPSA) is 55.1 Å². The molecule has 1 amide bonds. The van der Waals surface area contributed by atoms with Gasteiger partial charge in [-0.2, -0.15) is 0 Å². The largest absolute Gasteiger partial charge is 0.389 e. The maximum Gasteiger partial charge on any atom is 0.255 e. The van der Waals surface area contributed by atoms with E-state index >= 15 is 0 Å². The van der Waals surface area contributed by atoms with Crippen molar-refractivity contribution in [2.24, 2.45) is 5.73 Å². The van der Waals surface area contributed by atoms with Gasteiger partial charge in [-0.3, -0.25) is 4.79 Å². The molecular formula is C14H9Br2FN2OS. The number of hydrogen-bond donors (Lipinski definition) is 2. The minimum Gasteiger partial charge on any atom is -0.389 e. The first-order chi connectivity index (χ1) is 9.86. The van der Waals surface area contributed by atoms with Gasteiger partial charge in [0.15, 0.2) is 0 Å². The molecular weight excluding hydrogens is 423 g/mol. The van der Waals surface area contributed by atoms with Crippen LogP contribution in [-0.2, 0) is 0 Å². The molecule has 0 spiro atoms. The first-order valence-corrected chi connectivity index (χ1v) is 7.73. The Morgan fingerprint density at radius 1 is 1.14 bits per heavy atom. The summed E-state index contributed by atoms with van der Waals surface area (Å²) in [5.74, 6) is -0.906. The number of amides is 1. The molecule has 0 heterocycles. The van der Waals surface area contributed by atoms with Crippen LogP contribution in [-0.4, -0.2) is 10.9 Å². The van der Waals surface area contributed by atoms with Crippen molar-refractivity contribution in [2.45, 2.75) is 0 Å². The third-order valence-corrected chi connectivity index (χ3v) is 3.98. The maximum atomic E-state index is 13.3. The van der Waals surface area contributed by atoms with Crippen LogP contribution in [0.15, 0.2) is 45.3 Å². The highest BCUT2D eigenvalue weighted by Gasteiger charge is 2.11. The van der Waals surface area contributed by atoms with Gasteiger partial charge in [0.2, 0.25) is 0 Å². The molecule has 0 aromatic heterocycles. The number of carbonyl (C=O) groups is 1. The van der Waals surface area contributed by atoms with Gasteiger partial charge in [-0.1, -0.05) is 28.1 Å². The highest BCUT2D eigenvalue weighted by Crippen LogP contribution is 2.25. The molecule has 0 radical (unpaired) electrons. The Morgan fingerprint density at radius 3 is 2.43 bits per heavy atom. The molecule has 0 unspecified atom stereocenters. The summed E-state index contributed by atoms with van der Waals surface area (Å²) in [5.41, 5.74) is 6.98. The Balaban J connectivity index is 2.25. The number of nitrogens with one attached hydrogen (secondary N) is 1. The molecule has 0 aliphatic carbocycles. The SMILES string of the molecule is NC(=S)c1ccc(NC(=O)c2cc(F)cc(Br)c2)c(Br)c1. The van der Waals surface area contributed by atoms with Crippen LogP contribution >= 0.6 is 44.1 Å². The molecule has 0 saturated heterocycles. The quantitative estimate of drug-likeness (QED) is 0.714. The zero-order valence-electron chi connectivity index (χ0n) is 10.5. The molecule has 21 heavy (non-hydrogen) atoms. The van der Waals surface area contributed by atoms with Crippen molar-refractivity contribution in [1.82, 2.24) is 0 Å². The van der Waals surface area contributed by atoms with Gasteiger partial charge in [-0.05, 0) is 52.3 Å². The highest BCUT2D eigenvalue weighted by atomic mass is 79.9. The summed E-state index contributed by atoms with van der Waals surface area (Å²) in [5, 5.41) is 2.69. The number of halogens is 3. The number of benzene rings is 2.